The molecule has 1 N–H and O–H groups in total. The molecular weight excluding hydrogens is 461 g/mol. The van der Waals surface area contributed by atoms with E-state index in [9.17, 15) is 17.6 Å². The number of thiophene rings is 1. The van der Waals surface area contributed by atoms with E-state index < -0.39 is 28.3 Å². The molecule has 0 spiro atoms. The number of halogens is 1. The van der Waals surface area contributed by atoms with Gasteiger partial charge in [-0.25, -0.2) is 12.8 Å². The molecule has 0 aliphatic carbocycles. The molecule has 0 bridgehead atoms. The first-order valence-electron chi connectivity index (χ1n) is 10.8. The maximum absolute atomic E-state index is 13.4. The Hall–Kier alpha value is -2.91. The monoisotopic (exact) mass is 487 g/mol. The Morgan fingerprint density at radius 1 is 1.09 bits per heavy atom. The standard InChI is InChI=1S/C24H26FN3O3S2/c1-18(19-6-10-21(11-7-19)27-14-2-3-15-27)26-23(29)17-28(22-12-8-20(25)9-13-22)33(30,31)24-5-4-16-32-24/h4-13,16,18H,2-3,14-15,17H2,1H3,(H,26,29). The minimum Gasteiger partial charge on any atom is -0.372 e. The third kappa shape index (κ3) is 5.36. The van der Waals surface area contributed by atoms with Crippen molar-refractivity contribution in [2.45, 2.75) is 30.0 Å². The number of benzene rings is 2. The Bertz CT molecular complexity index is 1170. The van der Waals surface area contributed by atoms with Crippen LogP contribution < -0.4 is 14.5 Å². The van der Waals surface area contributed by atoms with Crippen LogP contribution >= 0.6 is 11.3 Å². The number of nitrogens with one attached hydrogen (secondary N) is 1. The molecule has 0 radical (unpaired) electrons. The van der Waals surface area contributed by atoms with Crippen LogP contribution in [0.25, 0.3) is 0 Å². The summed E-state index contributed by atoms with van der Waals surface area (Å²) in [6.45, 7) is 3.56. The van der Waals surface area contributed by atoms with Gasteiger partial charge in [0.25, 0.3) is 10.0 Å². The Labute approximate surface area is 197 Å². The highest BCUT2D eigenvalue weighted by Gasteiger charge is 2.28. The summed E-state index contributed by atoms with van der Waals surface area (Å²) in [5.74, 6) is -0.932. The summed E-state index contributed by atoms with van der Waals surface area (Å²) in [6.07, 6.45) is 2.40. The lowest BCUT2D eigenvalue weighted by Gasteiger charge is -2.24. The number of carbonyl (C=O) groups is 1. The van der Waals surface area contributed by atoms with Gasteiger partial charge in [0.05, 0.1) is 11.7 Å². The highest BCUT2D eigenvalue weighted by Crippen LogP contribution is 2.27. The van der Waals surface area contributed by atoms with E-state index in [4.69, 9.17) is 0 Å². The number of rotatable bonds is 8. The zero-order chi connectivity index (χ0) is 23.4. The van der Waals surface area contributed by atoms with Gasteiger partial charge in [0.2, 0.25) is 5.91 Å². The molecule has 1 saturated heterocycles. The molecule has 4 rings (SSSR count). The highest BCUT2D eigenvalue weighted by molar-refractivity contribution is 7.94. The van der Waals surface area contributed by atoms with Crippen molar-refractivity contribution in [1.29, 1.82) is 0 Å². The summed E-state index contributed by atoms with van der Waals surface area (Å²) in [7, 11) is -3.97. The number of hydrogen-bond donors (Lipinski definition) is 1. The maximum Gasteiger partial charge on any atom is 0.274 e. The van der Waals surface area contributed by atoms with E-state index in [1.807, 2.05) is 19.1 Å². The fourth-order valence-electron chi connectivity index (χ4n) is 3.89. The fraction of sp³-hybridized carbons (Fsp3) is 0.292. The number of anilines is 2. The van der Waals surface area contributed by atoms with Gasteiger partial charge in [0.15, 0.2) is 0 Å². The third-order valence-electron chi connectivity index (χ3n) is 5.68. The summed E-state index contributed by atoms with van der Waals surface area (Å²) < 4.78 is 40.9. The van der Waals surface area contributed by atoms with Crippen LogP contribution in [0, 0.1) is 5.82 Å². The molecule has 3 aromatic rings. The van der Waals surface area contributed by atoms with Crippen LogP contribution in [-0.2, 0) is 14.8 Å². The molecule has 2 heterocycles. The molecule has 6 nitrogen and oxygen atoms in total. The van der Waals surface area contributed by atoms with E-state index in [0.29, 0.717) is 0 Å². The number of amides is 1. The molecule has 1 aliphatic heterocycles. The SMILES string of the molecule is CC(NC(=O)CN(c1ccc(F)cc1)S(=O)(=O)c1cccs1)c1ccc(N2CCCC2)cc1. The first kappa shape index (κ1) is 23.3. The lowest BCUT2D eigenvalue weighted by atomic mass is 10.1. The normalized spacial score (nSPS) is 14.8. The average molecular weight is 488 g/mol. The van der Waals surface area contributed by atoms with Gasteiger partial charge >= 0.3 is 0 Å². The molecule has 174 valence electrons. The highest BCUT2D eigenvalue weighted by atomic mass is 32.2. The van der Waals surface area contributed by atoms with Crippen LogP contribution in [-0.4, -0.2) is 34.0 Å². The summed E-state index contributed by atoms with van der Waals surface area (Å²) in [6, 6.07) is 16.0. The largest absolute Gasteiger partial charge is 0.372 e. The molecule has 1 aliphatic rings. The molecule has 33 heavy (non-hydrogen) atoms. The second-order valence-electron chi connectivity index (χ2n) is 8.00. The van der Waals surface area contributed by atoms with Crippen LogP contribution in [0.5, 0.6) is 0 Å². The van der Waals surface area contributed by atoms with Crippen molar-refractivity contribution in [2.75, 3.05) is 28.8 Å². The van der Waals surface area contributed by atoms with Crippen LogP contribution in [0.1, 0.15) is 31.4 Å². The first-order chi connectivity index (χ1) is 15.8. The summed E-state index contributed by atoms with van der Waals surface area (Å²) in [5.41, 5.74) is 2.32. The van der Waals surface area contributed by atoms with Gasteiger partial charge < -0.3 is 10.2 Å². The van der Waals surface area contributed by atoms with Gasteiger partial charge in [-0.3, -0.25) is 9.10 Å². The molecule has 1 aromatic heterocycles. The Morgan fingerprint density at radius 2 is 1.76 bits per heavy atom. The Morgan fingerprint density at radius 3 is 2.36 bits per heavy atom. The second kappa shape index (κ2) is 9.93. The Balaban J connectivity index is 1.49. The smallest absolute Gasteiger partial charge is 0.274 e. The zero-order valence-electron chi connectivity index (χ0n) is 18.3. The minimum atomic E-state index is -3.97. The molecule has 1 atom stereocenters. The predicted octanol–water partition coefficient (Wildman–Crippen LogP) is 4.56. The van der Waals surface area contributed by atoms with Gasteiger partial charge in [-0.05, 0) is 73.2 Å². The van der Waals surface area contributed by atoms with E-state index >= 15 is 0 Å². The third-order valence-corrected chi connectivity index (χ3v) is 8.83. The van der Waals surface area contributed by atoms with Crippen LogP contribution in [0.15, 0.2) is 70.3 Å². The fourth-order valence-corrected chi connectivity index (χ4v) is 6.42. The molecule has 1 fully saturated rings. The van der Waals surface area contributed by atoms with Crippen LogP contribution in [0.2, 0.25) is 0 Å². The van der Waals surface area contributed by atoms with Crippen molar-refractivity contribution >= 4 is 38.6 Å². The van der Waals surface area contributed by atoms with Crippen molar-refractivity contribution in [1.82, 2.24) is 5.32 Å². The van der Waals surface area contributed by atoms with Gasteiger partial charge in [-0.15, -0.1) is 11.3 Å². The molecular formula is C24H26FN3O3S2. The van der Waals surface area contributed by atoms with E-state index in [-0.39, 0.29) is 15.9 Å². The van der Waals surface area contributed by atoms with Gasteiger partial charge in [-0.1, -0.05) is 18.2 Å². The van der Waals surface area contributed by atoms with Gasteiger partial charge in [0.1, 0.15) is 16.6 Å². The number of carbonyl (C=O) groups excluding carboxylic acids is 1. The molecule has 1 amide bonds. The van der Waals surface area contributed by atoms with Crippen molar-refractivity contribution in [3.05, 3.63) is 77.4 Å². The predicted molar refractivity (Wildman–Crippen MR) is 130 cm³/mol. The van der Waals surface area contributed by atoms with Gasteiger partial charge in [0, 0.05) is 18.8 Å². The number of hydrogen-bond acceptors (Lipinski definition) is 5. The number of nitrogens with zero attached hydrogens (tertiary/aromatic N) is 2. The van der Waals surface area contributed by atoms with Crippen molar-refractivity contribution in [2.24, 2.45) is 0 Å². The van der Waals surface area contributed by atoms with Crippen molar-refractivity contribution < 1.29 is 17.6 Å². The van der Waals surface area contributed by atoms with Gasteiger partial charge in [-0.2, -0.15) is 0 Å². The minimum absolute atomic E-state index is 0.116. The lowest BCUT2D eigenvalue weighted by molar-refractivity contribution is -0.120. The number of sulfonamides is 1. The quantitative estimate of drug-likeness (QED) is 0.506. The van der Waals surface area contributed by atoms with E-state index in [2.05, 4.69) is 22.3 Å². The van der Waals surface area contributed by atoms with Crippen LogP contribution in [0.3, 0.4) is 0 Å². The average Bonchev–Trinajstić information content (AvgIpc) is 3.53. The van der Waals surface area contributed by atoms with E-state index in [1.54, 1.807) is 11.4 Å². The van der Waals surface area contributed by atoms with Crippen molar-refractivity contribution in [3.8, 4) is 0 Å². The van der Waals surface area contributed by atoms with E-state index in [0.717, 1.165) is 34.3 Å². The first-order valence-corrected chi connectivity index (χ1v) is 13.1. The summed E-state index contributed by atoms with van der Waals surface area (Å²) in [5, 5.41) is 4.54. The Kier molecular flexibility index (Phi) is 6.99. The molecule has 2 aromatic carbocycles. The van der Waals surface area contributed by atoms with Crippen LogP contribution in [0.4, 0.5) is 15.8 Å². The van der Waals surface area contributed by atoms with Crippen molar-refractivity contribution in [3.63, 3.8) is 0 Å². The molecule has 1 unspecified atom stereocenters. The zero-order valence-corrected chi connectivity index (χ0v) is 19.9. The second-order valence-corrected chi connectivity index (χ2v) is 11.0. The molecule has 9 heteroatoms. The van der Waals surface area contributed by atoms with E-state index in [1.165, 1.54) is 48.9 Å². The summed E-state index contributed by atoms with van der Waals surface area (Å²) >= 11 is 1.07. The lowest BCUT2D eigenvalue weighted by Crippen LogP contribution is -2.41. The molecule has 0 saturated carbocycles. The summed E-state index contributed by atoms with van der Waals surface area (Å²) in [4.78, 5) is 15.2. The maximum atomic E-state index is 13.4. The topological polar surface area (TPSA) is 69.7 Å².